The molecule has 17 heavy (non-hydrogen) atoms. The van der Waals surface area contributed by atoms with E-state index in [4.69, 9.17) is 0 Å². The second-order valence-electron chi connectivity index (χ2n) is 7.68. The lowest BCUT2D eigenvalue weighted by atomic mass is 9.77. The van der Waals surface area contributed by atoms with Crippen molar-refractivity contribution < 1.29 is 0 Å². The molecule has 4 rings (SSSR count). The van der Waals surface area contributed by atoms with E-state index in [-0.39, 0.29) is 0 Å². The SMILES string of the molecule is CC1(CN2CCC3(CC2)CC3)CC=C2CC2C1. The first-order valence-corrected chi connectivity index (χ1v) is 7.58. The minimum absolute atomic E-state index is 0.596. The van der Waals surface area contributed by atoms with Crippen molar-refractivity contribution in [2.24, 2.45) is 16.7 Å². The van der Waals surface area contributed by atoms with E-state index in [2.05, 4.69) is 17.9 Å². The summed E-state index contributed by atoms with van der Waals surface area (Å²) in [6, 6.07) is 0. The maximum atomic E-state index is 2.77. The van der Waals surface area contributed by atoms with E-state index in [0.29, 0.717) is 5.41 Å². The summed E-state index contributed by atoms with van der Waals surface area (Å²) < 4.78 is 0. The number of piperidine rings is 1. The van der Waals surface area contributed by atoms with Gasteiger partial charge in [0.15, 0.2) is 0 Å². The Morgan fingerprint density at radius 1 is 1.24 bits per heavy atom. The Morgan fingerprint density at radius 2 is 2.00 bits per heavy atom. The fourth-order valence-electron chi connectivity index (χ4n) is 4.27. The Labute approximate surface area is 105 Å². The van der Waals surface area contributed by atoms with Crippen LogP contribution in [0, 0.1) is 16.7 Å². The topological polar surface area (TPSA) is 3.24 Å². The molecule has 0 radical (unpaired) electrons. The third-order valence-electron chi connectivity index (χ3n) is 5.92. The number of nitrogens with zero attached hydrogens (tertiary/aromatic N) is 1. The Balaban J connectivity index is 1.36. The fourth-order valence-corrected chi connectivity index (χ4v) is 4.27. The van der Waals surface area contributed by atoms with Gasteiger partial charge in [0.05, 0.1) is 0 Å². The van der Waals surface area contributed by atoms with E-state index < -0.39 is 0 Å². The van der Waals surface area contributed by atoms with Gasteiger partial charge in [0, 0.05) is 6.54 Å². The summed E-state index contributed by atoms with van der Waals surface area (Å²) in [5.74, 6) is 0.994. The Morgan fingerprint density at radius 3 is 2.65 bits per heavy atom. The molecule has 0 amide bonds. The fraction of sp³-hybridized carbons (Fsp3) is 0.875. The van der Waals surface area contributed by atoms with Crippen molar-refractivity contribution in [2.45, 2.75) is 51.9 Å². The number of likely N-dealkylation sites (tertiary alicyclic amines) is 1. The number of allylic oxidation sites excluding steroid dienone is 2. The van der Waals surface area contributed by atoms with Gasteiger partial charge in [-0.1, -0.05) is 18.6 Å². The van der Waals surface area contributed by atoms with Crippen LogP contribution in [0.4, 0.5) is 0 Å². The zero-order valence-electron chi connectivity index (χ0n) is 11.2. The highest BCUT2D eigenvalue weighted by atomic mass is 15.1. The molecule has 3 fully saturated rings. The zero-order chi connectivity index (χ0) is 11.5. The largest absolute Gasteiger partial charge is 0.303 e. The minimum Gasteiger partial charge on any atom is -0.303 e. The molecule has 0 aromatic carbocycles. The number of fused-ring (bicyclic) bond motifs is 1. The Hall–Kier alpha value is -0.300. The lowest BCUT2D eigenvalue weighted by molar-refractivity contribution is 0.103. The van der Waals surface area contributed by atoms with E-state index >= 15 is 0 Å². The van der Waals surface area contributed by atoms with Gasteiger partial charge in [-0.25, -0.2) is 0 Å². The molecule has 2 atom stereocenters. The van der Waals surface area contributed by atoms with Crippen molar-refractivity contribution in [1.29, 1.82) is 0 Å². The molecule has 0 N–H and O–H groups in total. The van der Waals surface area contributed by atoms with Crippen molar-refractivity contribution in [3.05, 3.63) is 11.6 Å². The summed E-state index contributed by atoms with van der Waals surface area (Å²) >= 11 is 0. The van der Waals surface area contributed by atoms with Crippen molar-refractivity contribution in [1.82, 2.24) is 4.90 Å². The quantitative estimate of drug-likeness (QED) is 0.656. The van der Waals surface area contributed by atoms with Gasteiger partial charge in [-0.2, -0.15) is 0 Å². The molecule has 2 unspecified atom stereocenters. The van der Waals surface area contributed by atoms with Crippen LogP contribution in [0.1, 0.15) is 51.9 Å². The van der Waals surface area contributed by atoms with Gasteiger partial charge in [0.25, 0.3) is 0 Å². The van der Waals surface area contributed by atoms with E-state index in [1.807, 2.05) is 0 Å². The van der Waals surface area contributed by atoms with Gasteiger partial charge >= 0.3 is 0 Å². The first kappa shape index (κ1) is 10.6. The highest BCUT2D eigenvalue weighted by Crippen LogP contribution is 2.55. The second-order valence-corrected chi connectivity index (χ2v) is 7.68. The minimum atomic E-state index is 0.596. The van der Waals surface area contributed by atoms with Crippen LogP contribution in [0.3, 0.4) is 0 Å². The molecule has 0 aromatic heterocycles. The highest BCUT2D eigenvalue weighted by Gasteiger charge is 2.46. The van der Waals surface area contributed by atoms with Crippen molar-refractivity contribution in [3.8, 4) is 0 Å². The molecule has 1 nitrogen and oxygen atoms in total. The summed E-state index contributed by atoms with van der Waals surface area (Å²) in [5.41, 5.74) is 3.21. The third-order valence-corrected chi connectivity index (χ3v) is 5.92. The van der Waals surface area contributed by atoms with Gasteiger partial charge < -0.3 is 4.90 Å². The monoisotopic (exact) mass is 231 g/mol. The third kappa shape index (κ3) is 1.97. The van der Waals surface area contributed by atoms with Crippen molar-refractivity contribution in [3.63, 3.8) is 0 Å². The number of hydrogen-bond acceptors (Lipinski definition) is 1. The standard InChI is InChI=1S/C16H25N/c1-15(3-2-13-10-14(13)11-15)12-17-8-6-16(4-5-16)7-9-17/h2,14H,3-12H2,1H3. The predicted octanol–water partition coefficient (Wildman–Crippen LogP) is 3.61. The van der Waals surface area contributed by atoms with Gasteiger partial charge in [-0.15, -0.1) is 0 Å². The van der Waals surface area contributed by atoms with E-state index in [1.54, 1.807) is 5.57 Å². The molecule has 0 aromatic rings. The summed E-state index contributed by atoms with van der Waals surface area (Å²) in [4.78, 5) is 2.77. The van der Waals surface area contributed by atoms with Crippen LogP contribution in [-0.4, -0.2) is 24.5 Å². The first-order valence-electron chi connectivity index (χ1n) is 7.58. The van der Waals surface area contributed by atoms with Crippen LogP contribution in [0.25, 0.3) is 0 Å². The second kappa shape index (κ2) is 3.38. The van der Waals surface area contributed by atoms with Crippen LogP contribution in [0.2, 0.25) is 0 Å². The molecule has 2 saturated carbocycles. The average molecular weight is 231 g/mol. The molecular weight excluding hydrogens is 206 g/mol. The summed E-state index contributed by atoms with van der Waals surface area (Å²) in [6.07, 6.45) is 12.9. The zero-order valence-corrected chi connectivity index (χ0v) is 11.2. The average Bonchev–Trinajstić information content (AvgIpc) is 3.19. The number of rotatable bonds is 2. The van der Waals surface area contributed by atoms with Crippen molar-refractivity contribution in [2.75, 3.05) is 19.6 Å². The van der Waals surface area contributed by atoms with E-state index in [9.17, 15) is 0 Å². The lowest BCUT2D eigenvalue weighted by Gasteiger charge is -2.40. The van der Waals surface area contributed by atoms with Gasteiger partial charge in [0.1, 0.15) is 0 Å². The molecule has 1 heterocycles. The molecule has 0 bridgehead atoms. The van der Waals surface area contributed by atoms with Crippen LogP contribution in [0.5, 0.6) is 0 Å². The Kier molecular flexibility index (Phi) is 2.11. The smallest absolute Gasteiger partial charge is 0.00385 e. The lowest BCUT2D eigenvalue weighted by Crippen LogP contribution is -2.42. The van der Waals surface area contributed by atoms with Crippen LogP contribution in [0.15, 0.2) is 11.6 Å². The normalized spacial score (nSPS) is 43.1. The van der Waals surface area contributed by atoms with E-state index in [0.717, 1.165) is 11.3 Å². The van der Waals surface area contributed by atoms with Crippen LogP contribution in [-0.2, 0) is 0 Å². The summed E-state index contributed by atoms with van der Waals surface area (Å²) in [6.45, 7) is 6.66. The molecule has 1 heteroatoms. The van der Waals surface area contributed by atoms with Gasteiger partial charge in [-0.3, -0.25) is 0 Å². The Bertz CT molecular complexity index is 356. The van der Waals surface area contributed by atoms with Crippen molar-refractivity contribution >= 4 is 0 Å². The highest BCUT2D eigenvalue weighted by molar-refractivity contribution is 5.27. The van der Waals surface area contributed by atoms with Crippen LogP contribution < -0.4 is 0 Å². The first-order chi connectivity index (χ1) is 8.17. The predicted molar refractivity (Wildman–Crippen MR) is 70.9 cm³/mol. The molecule has 1 aliphatic heterocycles. The van der Waals surface area contributed by atoms with Gasteiger partial charge in [0.2, 0.25) is 0 Å². The molecule has 1 spiro atoms. The molecule has 1 saturated heterocycles. The van der Waals surface area contributed by atoms with Crippen LogP contribution >= 0.6 is 0 Å². The van der Waals surface area contributed by atoms with Gasteiger partial charge in [-0.05, 0) is 74.8 Å². The van der Waals surface area contributed by atoms with E-state index in [1.165, 1.54) is 64.6 Å². The molecule has 4 aliphatic rings. The molecule has 3 aliphatic carbocycles. The molecule has 94 valence electrons. The maximum absolute atomic E-state index is 2.77. The summed E-state index contributed by atoms with van der Waals surface area (Å²) in [5, 5.41) is 0. The summed E-state index contributed by atoms with van der Waals surface area (Å²) in [7, 11) is 0. The maximum Gasteiger partial charge on any atom is 0.00385 e. The molecular formula is C16H25N. The number of hydrogen-bond donors (Lipinski definition) is 0.